The molecule has 0 fully saturated rings. The maximum atomic E-state index is 11.0. The summed E-state index contributed by atoms with van der Waals surface area (Å²) in [4.78, 5) is 21.9. The van der Waals surface area contributed by atoms with Crippen molar-refractivity contribution < 1.29 is 19.1 Å². The van der Waals surface area contributed by atoms with Crippen molar-refractivity contribution in [2.75, 3.05) is 6.61 Å². The van der Waals surface area contributed by atoms with Crippen LogP contribution in [0, 0.1) is 0 Å². The lowest BCUT2D eigenvalue weighted by molar-refractivity contribution is -0.138. The second-order valence-electron chi connectivity index (χ2n) is 3.13. The number of carbonyl (C=O) groups excluding carboxylic acids is 2. The van der Waals surface area contributed by atoms with Crippen LogP contribution in [0.15, 0.2) is 24.0 Å². The van der Waals surface area contributed by atoms with Crippen LogP contribution in [0.4, 0.5) is 0 Å². The average Bonchev–Trinajstić information content (AvgIpc) is 2.20. The number of ether oxygens (including phenoxy) is 2. The van der Waals surface area contributed by atoms with E-state index < -0.39 is 11.9 Å². The summed E-state index contributed by atoms with van der Waals surface area (Å²) in [6.45, 7) is 5.84. The molecule has 0 aromatic carbocycles. The van der Waals surface area contributed by atoms with Crippen molar-refractivity contribution in [2.45, 2.75) is 27.2 Å². The third-order valence-corrected chi connectivity index (χ3v) is 1.21. The molecule has 0 amide bonds. The van der Waals surface area contributed by atoms with E-state index in [-0.39, 0.29) is 0 Å². The van der Waals surface area contributed by atoms with E-state index in [4.69, 9.17) is 4.74 Å². The predicted molar refractivity (Wildman–Crippen MR) is 55.9 cm³/mol. The van der Waals surface area contributed by atoms with Gasteiger partial charge >= 0.3 is 11.9 Å². The molecular formula is C11H16O4. The molecule has 0 spiro atoms. The van der Waals surface area contributed by atoms with E-state index in [1.807, 2.05) is 6.92 Å². The van der Waals surface area contributed by atoms with Gasteiger partial charge in [-0.3, -0.25) is 0 Å². The quantitative estimate of drug-likeness (QED) is 0.397. The van der Waals surface area contributed by atoms with Gasteiger partial charge in [0.15, 0.2) is 0 Å². The van der Waals surface area contributed by atoms with Gasteiger partial charge in [0.2, 0.25) is 0 Å². The molecule has 0 aromatic heterocycles. The van der Waals surface area contributed by atoms with Crippen LogP contribution in [0.1, 0.15) is 27.2 Å². The third-order valence-electron chi connectivity index (χ3n) is 1.21. The molecule has 0 bridgehead atoms. The molecule has 15 heavy (non-hydrogen) atoms. The summed E-state index contributed by atoms with van der Waals surface area (Å²) < 4.78 is 9.38. The zero-order valence-electron chi connectivity index (χ0n) is 9.28. The summed E-state index contributed by atoms with van der Waals surface area (Å²) >= 11 is 0. The summed E-state index contributed by atoms with van der Waals surface area (Å²) in [7, 11) is 0. The first kappa shape index (κ1) is 13.4. The van der Waals surface area contributed by atoms with Crippen LogP contribution in [0.2, 0.25) is 0 Å². The topological polar surface area (TPSA) is 52.6 Å². The zero-order valence-corrected chi connectivity index (χ0v) is 9.28. The Labute approximate surface area is 89.6 Å². The highest BCUT2D eigenvalue weighted by molar-refractivity contribution is 5.91. The first-order valence-electron chi connectivity index (χ1n) is 4.75. The van der Waals surface area contributed by atoms with E-state index in [1.165, 1.54) is 6.26 Å². The Bertz CT molecular complexity index is 272. The molecule has 0 rings (SSSR count). The van der Waals surface area contributed by atoms with E-state index >= 15 is 0 Å². The highest BCUT2D eigenvalue weighted by Crippen LogP contribution is 1.92. The smallest absolute Gasteiger partial charge is 0.335 e. The molecule has 0 radical (unpaired) electrons. The molecule has 0 aromatic rings. The largest absolute Gasteiger partial charge is 0.463 e. The molecular weight excluding hydrogens is 196 g/mol. The first-order chi connectivity index (χ1) is 7.06. The minimum Gasteiger partial charge on any atom is -0.463 e. The molecule has 0 saturated carbocycles. The molecule has 0 saturated heterocycles. The van der Waals surface area contributed by atoms with E-state index in [0.29, 0.717) is 6.61 Å². The lowest BCUT2D eigenvalue weighted by atomic mass is 10.4. The standard InChI is InChI=1S/C11H16O4/c1-4-7-14-10(12)5-6-11(13)15-8-9(2)3/h5-6,8H,4,7H2,1-3H3/b6-5+. The minimum atomic E-state index is -0.593. The molecule has 0 unspecified atom stereocenters. The summed E-state index contributed by atoms with van der Waals surface area (Å²) in [5.41, 5.74) is 0.866. The number of hydrogen-bond acceptors (Lipinski definition) is 4. The normalized spacial score (nSPS) is 9.80. The second-order valence-corrected chi connectivity index (χ2v) is 3.13. The molecule has 0 N–H and O–H groups in total. The number of carbonyl (C=O) groups is 2. The molecule has 4 heteroatoms. The minimum absolute atomic E-state index is 0.353. The van der Waals surface area contributed by atoms with Gasteiger partial charge in [-0.05, 0) is 25.8 Å². The summed E-state index contributed by atoms with van der Waals surface area (Å²) in [6, 6.07) is 0. The molecule has 0 heterocycles. The van der Waals surface area contributed by atoms with Gasteiger partial charge in [0.05, 0.1) is 12.9 Å². The summed E-state index contributed by atoms with van der Waals surface area (Å²) in [5.74, 6) is -1.13. The van der Waals surface area contributed by atoms with Gasteiger partial charge in [0, 0.05) is 12.2 Å². The van der Waals surface area contributed by atoms with Crippen LogP contribution in [0.3, 0.4) is 0 Å². The van der Waals surface area contributed by atoms with E-state index in [1.54, 1.807) is 13.8 Å². The fourth-order valence-electron chi connectivity index (χ4n) is 0.602. The van der Waals surface area contributed by atoms with Gasteiger partial charge in [-0.2, -0.15) is 0 Å². The van der Waals surface area contributed by atoms with Crippen molar-refractivity contribution in [1.29, 1.82) is 0 Å². The number of hydrogen-bond donors (Lipinski definition) is 0. The Kier molecular flexibility index (Phi) is 6.97. The van der Waals surface area contributed by atoms with Crippen molar-refractivity contribution in [3.63, 3.8) is 0 Å². The van der Waals surface area contributed by atoms with Crippen LogP contribution in [0.5, 0.6) is 0 Å². The Morgan fingerprint density at radius 2 is 1.73 bits per heavy atom. The Hall–Kier alpha value is -1.58. The molecule has 0 aliphatic rings. The van der Waals surface area contributed by atoms with Crippen LogP contribution >= 0.6 is 0 Å². The first-order valence-corrected chi connectivity index (χ1v) is 4.75. The lowest BCUT2D eigenvalue weighted by Gasteiger charge is -1.97. The SMILES string of the molecule is CCCOC(=O)/C=C/C(=O)OC=C(C)C. The van der Waals surface area contributed by atoms with Crippen molar-refractivity contribution in [3.8, 4) is 0 Å². The number of allylic oxidation sites excluding steroid dienone is 1. The van der Waals surface area contributed by atoms with Crippen molar-refractivity contribution in [1.82, 2.24) is 0 Å². The van der Waals surface area contributed by atoms with Gasteiger partial charge in [0.1, 0.15) is 0 Å². The van der Waals surface area contributed by atoms with Gasteiger partial charge in [-0.15, -0.1) is 0 Å². The van der Waals surface area contributed by atoms with Crippen LogP contribution in [-0.2, 0) is 19.1 Å². The maximum absolute atomic E-state index is 11.0. The zero-order chi connectivity index (χ0) is 11.7. The maximum Gasteiger partial charge on any atom is 0.335 e. The summed E-state index contributed by atoms with van der Waals surface area (Å²) in [5, 5.41) is 0. The van der Waals surface area contributed by atoms with Crippen LogP contribution < -0.4 is 0 Å². The van der Waals surface area contributed by atoms with Crippen LogP contribution in [0.25, 0.3) is 0 Å². The van der Waals surface area contributed by atoms with E-state index in [2.05, 4.69) is 4.74 Å². The molecule has 0 aliphatic carbocycles. The van der Waals surface area contributed by atoms with Crippen molar-refractivity contribution >= 4 is 11.9 Å². The average molecular weight is 212 g/mol. The highest BCUT2D eigenvalue weighted by Gasteiger charge is 1.98. The second kappa shape index (κ2) is 7.79. The van der Waals surface area contributed by atoms with Crippen molar-refractivity contribution in [2.24, 2.45) is 0 Å². The lowest BCUT2D eigenvalue weighted by Crippen LogP contribution is -2.03. The third kappa shape index (κ3) is 8.74. The molecule has 4 nitrogen and oxygen atoms in total. The number of rotatable bonds is 5. The Morgan fingerprint density at radius 3 is 2.27 bits per heavy atom. The van der Waals surface area contributed by atoms with Crippen LogP contribution in [-0.4, -0.2) is 18.5 Å². The number of esters is 2. The van der Waals surface area contributed by atoms with Gasteiger partial charge in [-0.25, -0.2) is 9.59 Å². The van der Waals surface area contributed by atoms with Gasteiger partial charge in [-0.1, -0.05) is 6.92 Å². The van der Waals surface area contributed by atoms with E-state index in [0.717, 1.165) is 24.1 Å². The Balaban J connectivity index is 3.90. The van der Waals surface area contributed by atoms with Gasteiger partial charge < -0.3 is 9.47 Å². The molecule has 0 aliphatic heterocycles. The molecule has 84 valence electrons. The predicted octanol–water partition coefficient (Wildman–Crippen LogP) is 1.96. The fourth-order valence-corrected chi connectivity index (χ4v) is 0.602. The fraction of sp³-hybridized carbons (Fsp3) is 0.455. The van der Waals surface area contributed by atoms with E-state index in [9.17, 15) is 9.59 Å². The summed E-state index contributed by atoms with van der Waals surface area (Å²) in [6.07, 6.45) is 4.17. The Morgan fingerprint density at radius 1 is 1.13 bits per heavy atom. The van der Waals surface area contributed by atoms with Crippen molar-refractivity contribution in [3.05, 3.63) is 24.0 Å². The molecule has 0 atom stereocenters. The monoisotopic (exact) mass is 212 g/mol. The van der Waals surface area contributed by atoms with Gasteiger partial charge in [0.25, 0.3) is 0 Å². The highest BCUT2D eigenvalue weighted by atomic mass is 16.5.